The topological polar surface area (TPSA) is 109 Å². The number of fused-ring (bicyclic) bond motifs is 1. The van der Waals surface area contributed by atoms with Gasteiger partial charge in [0.25, 0.3) is 0 Å². The van der Waals surface area contributed by atoms with Gasteiger partial charge in [-0.1, -0.05) is 47.5 Å². The molecule has 0 saturated heterocycles. The van der Waals surface area contributed by atoms with Crippen LogP contribution in [0.15, 0.2) is 71.0 Å². The summed E-state index contributed by atoms with van der Waals surface area (Å²) in [7, 11) is 4.88. The zero-order chi connectivity index (χ0) is 29.2. The fourth-order valence-corrected chi connectivity index (χ4v) is 4.57. The van der Waals surface area contributed by atoms with Gasteiger partial charge in [-0.25, -0.2) is 4.79 Å². The second kappa shape index (κ2) is 14.2. The summed E-state index contributed by atoms with van der Waals surface area (Å²) in [5, 5.41) is 8.86. The van der Waals surface area contributed by atoms with E-state index in [-0.39, 0.29) is 24.2 Å². The van der Waals surface area contributed by atoms with Crippen molar-refractivity contribution in [2.75, 3.05) is 25.7 Å². The Balaban J connectivity index is 1.43. The highest BCUT2D eigenvalue weighted by Crippen LogP contribution is 2.26. The first kappa shape index (κ1) is 29.4. The average Bonchev–Trinajstić information content (AvgIpc) is 3.61. The van der Waals surface area contributed by atoms with E-state index in [1.54, 1.807) is 13.4 Å². The van der Waals surface area contributed by atoms with Crippen LogP contribution in [0, 0.1) is 0 Å². The summed E-state index contributed by atoms with van der Waals surface area (Å²) in [5.74, 6) is -0.443. The van der Waals surface area contributed by atoms with Gasteiger partial charge in [-0.2, -0.15) is 0 Å². The normalized spacial score (nSPS) is 11.5. The minimum atomic E-state index is -0.755. The SMILES string of the molecule is CC/C(=C\OCc1ccccc1)CCC(=O)N(CCCc1cn(C)c2cc(OC)ccc12)c1nnc(C(=O)OC)o1. The number of allylic oxidation sites excluding steroid dienone is 1. The number of aryl methyl sites for hydroxylation is 2. The quantitative estimate of drug-likeness (QED) is 0.145. The van der Waals surface area contributed by atoms with E-state index < -0.39 is 5.97 Å². The molecule has 2 aromatic heterocycles. The highest BCUT2D eigenvalue weighted by molar-refractivity contribution is 5.92. The number of aromatic nitrogens is 3. The van der Waals surface area contributed by atoms with Gasteiger partial charge < -0.3 is 23.2 Å². The molecule has 0 radical (unpaired) electrons. The maximum Gasteiger partial charge on any atom is 0.396 e. The van der Waals surface area contributed by atoms with Gasteiger partial charge in [0.05, 0.1) is 26.0 Å². The summed E-state index contributed by atoms with van der Waals surface area (Å²) >= 11 is 0. The fraction of sp³-hybridized carbons (Fsp3) is 0.355. The van der Waals surface area contributed by atoms with E-state index in [0.717, 1.165) is 46.2 Å². The Morgan fingerprint density at radius 3 is 2.61 bits per heavy atom. The summed E-state index contributed by atoms with van der Waals surface area (Å²) in [6, 6.07) is 15.9. The number of carbonyl (C=O) groups excluding carboxylic acids is 2. The van der Waals surface area contributed by atoms with E-state index in [1.165, 1.54) is 12.0 Å². The average molecular weight is 561 g/mol. The van der Waals surface area contributed by atoms with Crippen molar-refractivity contribution in [3.8, 4) is 5.75 Å². The number of esters is 1. The molecular weight excluding hydrogens is 524 g/mol. The third-order valence-corrected chi connectivity index (χ3v) is 6.87. The van der Waals surface area contributed by atoms with Crippen molar-refractivity contribution in [1.29, 1.82) is 0 Å². The van der Waals surface area contributed by atoms with Gasteiger partial charge in [0.2, 0.25) is 5.91 Å². The van der Waals surface area contributed by atoms with Gasteiger partial charge in [0, 0.05) is 37.7 Å². The molecule has 0 aliphatic heterocycles. The lowest BCUT2D eigenvalue weighted by atomic mass is 10.1. The molecule has 0 saturated carbocycles. The van der Waals surface area contributed by atoms with Crippen LogP contribution in [0.1, 0.15) is 54.4 Å². The van der Waals surface area contributed by atoms with E-state index >= 15 is 0 Å². The molecule has 0 N–H and O–H groups in total. The zero-order valence-electron chi connectivity index (χ0n) is 24.0. The molecule has 0 aliphatic rings. The molecule has 0 atom stereocenters. The minimum Gasteiger partial charge on any atom is -0.497 e. The second-order valence-electron chi connectivity index (χ2n) is 9.60. The number of nitrogens with zero attached hydrogens (tertiary/aromatic N) is 4. The standard InChI is InChI=1S/C31H36N4O6/c1-5-22(20-40-21-23-10-7-6-8-11-23)13-16-28(36)35(31-33-32-29(41-31)30(37)39-4)17-9-12-24-19-34(2)27-18-25(38-3)14-15-26(24)27/h6-8,10-11,14-15,18-20H,5,9,12-13,16-17,21H2,1-4H3/b22-20+. The highest BCUT2D eigenvalue weighted by Gasteiger charge is 2.24. The Hall–Kier alpha value is -4.60. The number of rotatable bonds is 14. The number of anilines is 1. The number of ether oxygens (including phenoxy) is 3. The maximum absolute atomic E-state index is 13.4. The molecule has 2 aromatic carbocycles. The van der Waals surface area contributed by atoms with E-state index in [9.17, 15) is 9.59 Å². The lowest BCUT2D eigenvalue weighted by Gasteiger charge is -2.18. The van der Waals surface area contributed by atoms with Gasteiger partial charge >= 0.3 is 17.9 Å². The van der Waals surface area contributed by atoms with Crippen molar-refractivity contribution in [3.05, 3.63) is 83.6 Å². The third kappa shape index (κ3) is 7.53. The third-order valence-electron chi connectivity index (χ3n) is 6.87. The van der Waals surface area contributed by atoms with Crippen LogP contribution in [-0.2, 0) is 34.3 Å². The van der Waals surface area contributed by atoms with Crippen LogP contribution >= 0.6 is 0 Å². The van der Waals surface area contributed by atoms with Crippen LogP contribution in [0.5, 0.6) is 5.75 Å². The van der Waals surface area contributed by atoms with E-state index in [1.807, 2.05) is 62.5 Å². The number of methoxy groups -OCH3 is 2. The summed E-state index contributed by atoms with van der Waals surface area (Å²) in [6.07, 6.45) is 6.68. The molecule has 0 spiro atoms. The van der Waals surface area contributed by atoms with Crippen molar-refractivity contribution < 1.29 is 28.2 Å². The minimum absolute atomic E-state index is 0.0274. The number of benzene rings is 2. The largest absolute Gasteiger partial charge is 0.497 e. The molecule has 0 aliphatic carbocycles. The van der Waals surface area contributed by atoms with Crippen molar-refractivity contribution in [2.24, 2.45) is 7.05 Å². The summed E-state index contributed by atoms with van der Waals surface area (Å²) in [6.45, 7) is 2.83. The summed E-state index contributed by atoms with van der Waals surface area (Å²) in [5.41, 5.74) is 4.32. The zero-order valence-corrected chi connectivity index (χ0v) is 24.0. The molecule has 10 nitrogen and oxygen atoms in total. The predicted octanol–water partition coefficient (Wildman–Crippen LogP) is 5.61. The molecule has 4 aromatic rings. The highest BCUT2D eigenvalue weighted by atomic mass is 16.5. The van der Waals surface area contributed by atoms with E-state index in [0.29, 0.717) is 26.0 Å². The van der Waals surface area contributed by atoms with Crippen molar-refractivity contribution >= 4 is 28.8 Å². The first-order chi connectivity index (χ1) is 19.9. The lowest BCUT2D eigenvalue weighted by Crippen LogP contribution is -2.32. The van der Waals surface area contributed by atoms with Crippen LogP contribution in [0.25, 0.3) is 10.9 Å². The Labute approximate surface area is 239 Å². The first-order valence-electron chi connectivity index (χ1n) is 13.6. The van der Waals surface area contributed by atoms with E-state index in [2.05, 4.69) is 25.7 Å². The molecule has 10 heteroatoms. The Morgan fingerprint density at radius 1 is 1.07 bits per heavy atom. The molecule has 0 fully saturated rings. The van der Waals surface area contributed by atoms with Gasteiger partial charge in [0.15, 0.2) is 0 Å². The van der Waals surface area contributed by atoms with Crippen molar-refractivity contribution in [2.45, 2.75) is 45.6 Å². The molecule has 0 unspecified atom stereocenters. The molecule has 0 bridgehead atoms. The van der Waals surface area contributed by atoms with Crippen molar-refractivity contribution in [3.63, 3.8) is 0 Å². The van der Waals surface area contributed by atoms with Crippen LogP contribution in [0.3, 0.4) is 0 Å². The molecular formula is C31H36N4O6. The number of hydrogen-bond acceptors (Lipinski definition) is 8. The Kier molecular flexibility index (Phi) is 10.1. The first-order valence-corrected chi connectivity index (χ1v) is 13.6. The number of hydrogen-bond donors (Lipinski definition) is 0. The summed E-state index contributed by atoms with van der Waals surface area (Å²) in [4.78, 5) is 26.8. The molecule has 4 rings (SSSR count). The summed E-state index contributed by atoms with van der Waals surface area (Å²) < 4.78 is 23.4. The monoisotopic (exact) mass is 560 g/mol. The fourth-order valence-electron chi connectivity index (χ4n) is 4.57. The maximum atomic E-state index is 13.4. The molecule has 1 amide bonds. The van der Waals surface area contributed by atoms with Gasteiger partial charge in [-0.05, 0) is 54.5 Å². The van der Waals surface area contributed by atoms with Crippen LogP contribution in [0.4, 0.5) is 6.01 Å². The van der Waals surface area contributed by atoms with Crippen molar-refractivity contribution in [1.82, 2.24) is 14.8 Å². The number of amides is 1. The van der Waals surface area contributed by atoms with Crippen LogP contribution in [0.2, 0.25) is 0 Å². The molecule has 216 valence electrons. The van der Waals surface area contributed by atoms with Gasteiger partial charge in [-0.15, -0.1) is 0 Å². The predicted molar refractivity (Wildman–Crippen MR) is 155 cm³/mol. The van der Waals surface area contributed by atoms with Gasteiger partial charge in [-0.3, -0.25) is 9.69 Å². The smallest absolute Gasteiger partial charge is 0.396 e. The second-order valence-corrected chi connectivity index (χ2v) is 9.60. The molecule has 41 heavy (non-hydrogen) atoms. The van der Waals surface area contributed by atoms with Crippen LogP contribution < -0.4 is 9.64 Å². The Morgan fingerprint density at radius 2 is 1.88 bits per heavy atom. The Bertz CT molecular complexity index is 1490. The molecule has 2 heterocycles. The lowest BCUT2D eigenvalue weighted by molar-refractivity contribution is -0.118. The van der Waals surface area contributed by atoms with Crippen LogP contribution in [-0.4, -0.2) is 47.4 Å². The number of carbonyl (C=O) groups is 2. The van der Waals surface area contributed by atoms with Gasteiger partial charge in [0.1, 0.15) is 12.4 Å². The van der Waals surface area contributed by atoms with E-state index in [4.69, 9.17) is 13.9 Å².